The summed E-state index contributed by atoms with van der Waals surface area (Å²) in [5.74, 6) is 1.02. The van der Waals surface area contributed by atoms with E-state index in [0.29, 0.717) is 30.5 Å². The predicted octanol–water partition coefficient (Wildman–Crippen LogP) is 2.22. The zero-order valence-electron chi connectivity index (χ0n) is 11.0. The molecular formula is C12H17N5OS. The molecule has 0 saturated heterocycles. The molecule has 0 fully saturated rings. The molecule has 102 valence electrons. The first-order valence-electron chi connectivity index (χ1n) is 6.09. The lowest BCUT2D eigenvalue weighted by Gasteiger charge is -2.10. The number of thiazole rings is 1. The Morgan fingerprint density at radius 1 is 1.37 bits per heavy atom. The van der Waals surface area contributed by atoms with Gasteiger partial charge in [-0.3, -0.25) is 0 Å². The van der Waals surface area contributed by atoms with Crippen LogP contribution in [0.2, 0.25) is 0 Å². The van der Waals surface area contributed by atoms with Crippen molar-refractivity contribution in [3.63, 3.8) is 0 Å². The lowest BCUT2D eigenvalue weighted by molar-refractivity contribution is 0.306. The topological polar surface area (TPSA) is 86.0 Å². The SMILES string of the molecule is CCCOc1ncnc(NCc2cnc(C)s2)c1N. The van der Waals surface area contributed by atoms with Gasteiger partial charge in [0.1, 0.15) is 12.0 Å². The Kier molecular flexibility index (Phi) is 4.51. The summed E-state index contributed by atoms with van der Waals surface area (Å²) >= 11 is 1.64. The van der Waals surface area contributed by atoms with Crippen molar-refractivity contribution in [1.29, 1.82) is 0 Å². The van der Waals surface area contributed by atoms with Gasteiger partial charge >= 0.3 is 0 Å². The molecule has 0 aromatic carbocycles. The van der Waals surface area contributed by atoms with Crippen LogP contribution in [-0.4, -0.2) is 21.6 Å². The van der Waals surface area contributed by atoms with Crippen LogP contribution in [0.5, 0.6) is 5.88 Å². The van der Waals surface area contributed by atoms with Crippen LogP contribution in [0.25, 0.3) is 0 Å². The van der Waals surface area contributed by atoms with Crippen LogP contribution in [0.1, 0.15) is 23.2 Å². The highest BCUT2D eigenvalue weighted by molar-refractivity contribution is 7.11. The Balaban J connectivity index is 2.03. The van der Waals surface area contributed by atoms with Gasteiger partial charge in [0.2, 0.25) is 5.88 Å². The number of nitrogens with zero attached hydrogens (tertiary/aromatic N) is 3. The van der Waals surface area contributed by atoms with Crippen molar-refractivity contribution in [2.45, 2.75) is 26.8 Å². The van der Waals surface area contributed by atoms with E-state index in [-0.39, 0.29) is 0 Å². The van der Waals surface area contributed by atoms with Crippen LogP contribution in [0.15, 0.2) is 12.5 Å². The number of nitrogen functional groups attached to an aromatic ring is 1. The van der Waals surface area contributed by atoms with E-state index in [2.05, 4.69) is 20.3 Å². The van der Waals surface area contributed by atoms with Gasteiger partial charge in [-0.05, 0) is 13.3 Å². The van der Waals surface area contributed by atoms with Crippen molar-refractivity contribution in [2.24, 2.45) is 0 Å². The zero-order valence-corrected chi connectivity index (χ0v) is 11.8. The molecule has 0 spiro atoms. The van der Waals surface area contributed by atoms with Gasteiger partial charge in [0, 0.05) is 11.1 Å². The molecule has 0 bridgehead atoms. The maximum Gasteiger partial charge on any atom is 0.242 e. The average molecular weight is 279 g/mol. The standard InChI is InChI=1S/C12H17N5OS/c1-3-4-18-12-10(13)11(16-7-17-12)15-6-9-5-14-8(2)19-9/h5,7H,3-4,6,13H2,1-2H3,(H,15,16,17). The van der Waals surface area contributed by atoms with Crippen molar-refractivity contribution in [2.75, 3.05) is 17.7 Å². The molecular weight excluding hydrogens is 262 g/mol. The fourth-order valence-electron chi connectivity index (χ4n) is 1.49. The molecule has 0 aliphatic heterocycles. The molecule has 2 rings (SSSR count). The lowest BCUT2D eigenvalue weighted by Crippen LogP contribution is -2.07. The summed E-state index contributed by atoms with van der Waals surface area (Å²) in [6, 6.07) is 0. The Bertz CT molecular complexity index is 543. The highest BCUT2D eigenvalue weighted by atomic mass is 32.1. The van der Waals surface area contributed by atoms with Crippen molar-refractivity contribution in [1.82, 2.24) is 15.0 Å². The van der Waals surface area contributed by atoms with E-state index >= 15 is 0 Å². The number of aryl methyl sites for hydroxylation is 1. The second-order valence-electron chi connectivity index (χ2n) is 3.99. The molecule has 0 aliphatic rings. The third-order valence-corrected chi connectivity index (χ3v) is 3.30. The Labute approximate surface area is 116 Å². The van der Waals surface area contributed by atoms with Crippen LogP contribution in [0.3, 0.4) is 0 Å². The molecule has 0 saturated carbocycles. The summed E-state index contributed by atoms with van der Waals surface area (Å²) in [4.78, 5) is 13.5. The fraction of sp³-hybridized carbons (Fsp3) is 0.417. The van der Waals surface area contributed by atoms with Crippen molar-refractivity contribution in [3.8, 4) is 5.88 Å². The van der Waals surface area contributed by atoms with Gasteiger partial charge in [-0.2, -0.15) is 4.98 Å². The van der Waals surface area contributed by atoms with E-state index in [9.17, 15) is 0 Å². The first-order chi connectivity index (χ1) is 9.20. The summed E-state index contributed by atoms with van der Waals surface area (Å²) in [7, 11) is 0. The molecule has 2 heterocycles. The Hall–Kier alpha value is -1.89. The summed E-state index contributed by atoms with van der Waals surface area (Å²) < 4.78 is 5.46. The quantitative estimate of drug-likeness (QED) is 0.843. The number of rotatable bonds is 6. The largest absolute Gasteiger partial charge is 0.476 e. The molecule has 0 atom stereocenters. The van der Waals surface area contributed by atoms with Gasteiger partial charge in [0.15, 0.2) is 5.82 Å². The Morgan fingerprint density at radius 3 is 2.89 bits per heavy atom. The van der Waals surface area contributed by atoms with Gasteiger partial charge in [-0.15, -0.1) is 11.3 Å². The number of hydrogen-bond donors (Lipinski definition) is 2. The smallest absolute Gasteiger partial charge is 0.242 e. The summed E-state index contributed by atoms with van der Waals surface area (Å²) in [6.45, 7) is 5.24. The first-order valence-corrected chi connectivity index (χ1v) is 6.90. The molecule has 3 N–H and O–H groups in total. The van der Waals surface area contributed by atoms with Gasteiger partial charge in [0.25, 0.3) is 0 Å². The Morgan fingerprint density at radius 2 is 2.21 bits per heavy atom. The van der Waals surface area contributed by atoms with Crippen LogP contribution < -0.4 is 15.8 Å². The van der Waals surface area contributed by atoms with Gasteiger partial charge in [-0.25, -0.2) is 9.97 Å². The van der Waals surface area contributed by atoms with Crippen LogP contribution >= 0.6 is 11.3 Å². The highest BCUT2D eigenvalue weighted by Crippen LogP contribution is 2.25. The maximum atomic E-state index is 5.97. The predicted molar refractivity (Wildman–Crippen MR) is 76.4 cm³/mol. The molecule has 19 heavy (non-hydrogen) atoms. The van der Waals surface area contributed by atoms with E-state index in [0.717, 1.165) is 16.3 Å². The minimum absolute atomic E-state index is 0.430. The number of ether oxygens (including phenoxy) is 1. The van der Waals surface area contributed by atoms with E-state index in [1.54, 1.807) is 11.3 Å². The van der Waals surface area contributed by atoms with E-state index in [1.807, 2.05) is 20.0 Å². The minimum Gasteiger partial charge on any atom is -0.476 e. The third kappa shape index (κ3) is 3.54. The molecule has 2 aromatic heterocycles. The molecule has 2 aromatic rings. The maximum absolute atomic E-state index is 5.97. The number of hydrogen-bond acceptors (Lipinski definition) is 7. The zero-order chi connectivity index (χ0) is 13.7. The normalized spacial score (nSPS) is 10.4. The number of nitrogens with one attached hydrogen (secondary N) is 1. The summed E-state index contributed by atoms with van der Waals surface area (Å²) in [5, 5.41) is 4.21. The van der Waals surface area contributed by atoms with Gasteiger partial charge in [-0.1, -0.05) is 6.92 Å². The fourth-order valence-corrected chi connectivity index (χ4v) is 2.23. The van der Waals surface area contributed by atoms with E-state index in [4.69, 9.17) is 10.5 Å². The molecule has 6 nitrogen and oxygen atoms in total. The van der Waals surface area contributed by atoms with E-state index in [1.165, 1.54) is 6.33 Å². The summed E-state index contributed by atoms with van der Waals surface area (Å²) in [6.07, 6.45) is 4.20. The molecule has 0 aliphatic carbocycles. The van der Waals surface area contributed by atoms with Crippen molar-refractivity contribution >= 4 is 22.8 Å². The van der Waals surface area contributed by atoms with Crippen LogP contribution in [-0.2, 0) is 6.54 Å². The monoisotopic (exact) mass is 279 g/mol. The average Bonchev–Trinajstić information content (AvgIpc) is 2.82. The highest BCUT2D eigenvalue weighted by Gasteiger charge is 2.09. The van der Waals surface area contributed by atoms with Crippen molar-refractivity contribution in [3.05, 3.63) is 22.4 Å². The van der Waals surface area contributed by atoms with Crippen LogP contribution in [0.4, 0.5) is 11.5 Å². The minimum atomic E-state index is 0.430. The van der Waals surface area contributed by atoms with Gasteiger partial charge < -0.3 is 15.8 Å². The second kappa shape index (κ2) is 6.33. The number of anilines is 2. The number of nitrogens with two attached hydrogens (primary N) is 1. The van der Waals surface area contributed by atoms with Crippen molar-refractivity contribution < 1.29 is 4.74 Å². The molecule has 0 radical (unpaired) electrons. The lowest BCUT2D eigenvalue weighted by atomic mass is 10.4. The third-order valence-electron chi connectivity index (χ3n) is 2.39. The van der Waals surface area contributed by atoms with Gasteiger partial charge in [0.05, 0.1) is 18.2 Å². The first kappa shape index (κ1) is 13.5. The molecule has 7 heteroatoms. The number of aromatic nitrogens is 3. The second-order valence-corrected chi connectivity index (χ2v) is 5.31. The van der Waals surface area contributed by atoms with E-state index < -0.39 is 0 Å². The van der Waals surface area contributed by atoms with Crippen LogP contribution in [0, 0.1) is 6.92 Å². The molecule has 0 unspecified atom stereocenters. The molecule has 0 amide bonds. The summed E-state index contributed by atoms with van der Waals surface area (Å²) in [5.41, 5.74) is 6.41.